The minimum atomic E-state index is -0.549. The number of aryl methyl sites for hydroxylation is 2. The van der Waals surface area contributed by atoms with Crippen molar-refractivity contribution in [2.45, 2.75) is 43.8 Å². The van der Waals surface area contributed by atoms with Gasteiger partial charge in [-0.15, -0.1) is 11.8 Å². The Morgan fingerprint density at radius 1 is 0.812 bits per heavy atom. The Morgan fingerprint density at radius 3 is 2.12 bits per heavy atom. The Labute approximate surface area is 286 Å². The quantitative estimate of drug-likeness (QED) is 0.0942. The Morgan fingerprint density at radius 2 is 1.50 bits per heavy atom. The highest BCUT2D eigenvalue weighted by molar-refractivity contribution is 8.00. The summed E-state index contributed by atoms with van der Waals surface area (Å²) in [6.07, 6.45) is 2.95. The van der Waals surface area contributed by atoms with Crippen LogP contribution in [0.4, 0.5) is 11.4 Å². The summed E-state index contributed by atoms with van der Waals surface area (Å²) in [5.74, 6) is 0.0985. The van der Waals surface area contributed by atoms with Crippen molar-refractivity contribution in [3.05, 3.63) is 113 Å². The number of hydrogen-bond acceptors (Lipinski definition) is 7. The van der Waals surface area contributed by atoms with Crippen LogP contribution in [0.2, 0.25) is 0 Å². The van der Waals surface area contributed by atoms with E-state index in [1.54, 1.807) is 54.6 Å². The van der Waals surface area contributed by atoms with Gasteiger partial charge in [0.05, 0.1) is 26.6 Å². The lowest BCUT2D eigenvalue weighted by atomic mass is 10.1. The van der Waals surface area contributed by atoms with Gasteiger partial charge in [-0.1, -0.05) is 56.3 Å². The van der Waals surface area contributed by atoms with Gasteiger partial charge in [-0.05, 0) is 85.0 Å². The van der Waals surface area contributed by atoms with Crippen molar-refractivity contribution in [1.82, 2.24) is 5.32 Å². The highest BCUT2D eigenvalue weighted by Crippen LogP contribution is 2.39. The first-order valence-electron chi connectivity index (χ1n) is 15.6. The summed E-state index contributed by atoms with van der Waals surface area (Å²) >= 11 is 1.42. The Balaban J connectivity index is 1.59. The Bertz CT molecular complexity index is 1770. The number of para-hydroxylation sites is 1. The van der Waals surface area contributed by atoms with Crippen molar-refractivity contribution in [2.24, 2.45) is 0 Å². The number of methoxy groups -OCH3 is 3. The first kappa shape index (κ1) is 35.6. The Hall–Kier alpha value is -5.22. The second-order valence-electron chi connectivity index (χ2n) is 10.8. The average molecular weight is 668 g/mol. The SMILES string of the molecule is CCc1cccc(C)c1NC(=O)C(CC)Sc1cccc(NC(=O)/C(=C\c2cc(OC)c(OC)c(OC)c2)NC(=O)c2ccccc2)c1. The summed E-state index contributed by atoms with van der Waals surface area (Å²) in [7, 11) is 4.50. The average Bonchev–Trinajstić information content (AvgIpc) is 3.10. The van der Waals surface area contributed by atoms with E-state index in [0.29, 0.717) is 40.5 Å². The largest absolute Gasteiger partial charge is 0.493 e. The number of carbonyl (C=O) groups is 3. The van der Waals surface area contributed by atoms with E-state index < -0.39 is 11.8 Å². The van der Waals surface area contributed by atoms with Crippen molar-refractivity contribution in [3.8, 4) is 17.2 Å². The smallest absolute Gasteiger partial charge is 0.272 e. The molecule has 250 valence electrons. The van der Waals surface area contributed by atoms with Gasteiger partial charge in [0.15, 0.2) is 11.5 Å². The fourth-order valence-electron chi connectivity index (χ4n) is 5.03. The molecule has 4 rings (SSSR count). The summed E-state index contributed by atoms with van der Waals surface area (Å²) < 4.78 is 16.4. The normalized spacial score (nSPS) is 11.7. The molecular formula is C38H41N3O6S. The fraction of sp³-hybridized carbons (Fsp3) is 0.237. The number of rotatable bonds is 14. The highest BCUT2D eigenvalue weighted by Gasteiger charge is 2.21. The van der Waals surface area contributed by atoms with Gasteiger partial charge in [-0.25, -0.2) is 0 Å². The maximum Gasteiger partial charge on any atom is 0.272 e. The molecule has 1 atom stereocenters. The number of benzene rings is 4. The van der Waals surface area contributed by atoms with Crippen LogP contribution >= 0.6 is 11.8 Å². The predicted octanol–water partition coefficient (Wildman–Crippen LogP) is 7.50. The van der Waals surface area contributed by atoms with Crippen LogP contribution < -0.4 is 30.2 Å². The lowest BCUT2D eigenvalue weighted by molar-refractivity contribution is -0.116. The molecule has 0 fully saturated rings. The van der Waals surface area contributed by atoms with E-state index in [-0.39, 0.29) is 16.9 Å². The second-order valence-corrected chi connectivity index (χ2v) is 12.1. The molecule has 0 radical (unpaired) electrons. The van der Waals surface area contributed by atoms with Crippen LogP contribution in [-0.2, 0) is 16.0 Å². The molecule has 0 heterocycles. The molecule has 0 saturated heterocycles. The third kappa shape index (κ3) is 8.98. The van der Waals surface area contributed by atoms with Gasteiger partial charge in [0.1, 0.15) is 5.70 Å². The summed E-state index contributed by atoms with van der Waals surface area (Å²) in [5, 5.41) is 8.43. The van der Waals surface area contributed by atoms with Crippen molar-refractivity contribution in [1.29, 1.82) is 0 Å². The van der Waals surface area contributed by atoms with Crippen molar-refractivity contribution in [3.63, 3.8) is 0 Å². The van der Waals surface area contributed by atoms with Crippen LogP contribution in [0.15, 0.2) is 95.5 Å². The third-order valence-electron chi connectivity index (χ3n) is 7.55. The molecule has 3 N–H and O–H groups in total. The van der Waals surface area contributed by atoms with E-state index in [1.165, 1.54) is 39.2 Å². The highest BCUT2D eigenvalue weighted by atomic mass is 32.2. The molecule has 9 nitrogen and oxygen atoms in total. The molecule has 4 aromatic rings. The van der Waals surface area contributed by atoms with Crippen molar-refractivity contribution < 1.29 is 28.6 Å². The van der Waals surface area contributed by atoms with Crippen molar-refractivity contribution >= 4 is 46.9 Å². The summed E-state index contributed by atoms with van der Waals surface area (Å²) in [4.78, 5) is 41.1. The van der Waals surface area contributed by atoms with Gasteiger partial charge < -0.3 is 30.2 Å². The molecule has 0 aliphatic carbocycles. The molecule has 10 heteroatoms. The standard InChI is InChI=1S/C38H41N3O6S/c1-7-26-17-12-14-24(3)34(26)41-38(44)33(8-2)48-29-19-13-18-28(23-29)39-37(43)30(40-36(42)27-15-10-9-11-16-27)20-25-21-31(45-4)35(47-6)32(22-25)46-5/h9-23,33H,7-8H2,1-6H3,(H,39,43)(H,40,42)(H,41,44)/b30-20+. The third-order valence-corrected chi connectivity index (χ3v) is 8.91. The van der Waals surface area contributed by atoms with E-state index in [0.717, 1.165) is 28.1 Å². The molecule has 3 amide bonds. The monoisotopic (exact) mass is 667 g/mol. The zero-order chi connectivity index (χ0) is 34.6. The molecule has 48 heavy (non-hydrogen) atoms. The molecule has 0 saturated carbocycles. The first-order valence-corrected chi connectivity index (χ1v) is 16.4. The summed E-state index contributed by atoms with van der Waals surface area (Å²) in [6.45, 7) is 6.02. The zero-order valence-electron chi connectivity index (χ0n) is 28.0. The molecular weight excluding hydrogens is 627 g/mol. The van der Waals surface area contributed by atoms with Gasteiger partial charge in [0, 0.05) is 21.8 Å². The number of ether oxygens (including phenoxy) is 3. The number of carbonyl (C=O) groups excluding carboxylic acids is 3. The number of amides is 3. The van der Waals surface area contributed by atoms with Gasteiger partial charge in [-0.2, -0.15) is 0 Å². The minimum absolute atomic E-state index is 0.00745. The molecule has 0 spiro atoms. The molecule has 1 unspecified atom stereocenters. The Kier molecular flexibility index (Phi) is 12.7. The topological polar surface area (TPSA) is 115 Å². The van der Waals surface area contributed by atoms with Gasteiger partial charge in [0.25, 0.3) is 11.8 Å². The lowest BCUT2D eigenvalue weighted by Gasteiger charge is -2.18. The van der Waals surface area contributed by atoms with Crippen LogP contribution in [0.1, 0.15) is 47.3 Å². The maximum absolute atomic E-state index is 13.8. The molecule has 0 aromatic heterocycles. The van der Waals surface area contributed by atoms with Crippen LogP contribution in [0.3, 0.4) is 0 Å². The zero-order valence-corrected chi connectivity index (χ0v) is 28.8. The molecule has 0 aliphatic rings. The summed E-state index contributed by atoms with van der Waals surface area (Å²) in [5.41, 5.74) is 4.37. The van der Waals surface area contributed by atoms with Crippen LogP contribution in [0.5, 0.6) is 17.2 Å². The van der Waals surface area contributed by atoms with E-state index in [9.17, 15) is 14.4 Å². The van der Waals surface area contributed by atoms with E-state index in [2.05, 4.69) is 22.9 Å². The summed E-state index contributed by atoms with van der Waals surface area (Å²) in [6, 6.07) is 25.2. The maximum atomic E-state index is 13.8. The van der Waals surface area contributed by atoms with E-state index >= 15 is 0 Å². The van der Waals surface area contributed by atoms with Gasteiger partial charge >= 0.3 is 0 Å². The number of hydrogen-bond donors (Lipinski definition) is 3. The molecule has 4 aromatic carbocycles. The van der Waals surface area contributed by atoms with Crippen molar-refractivity contribution in [2.75, 3.05) is 32.0 Å². The minimum Gasteiger partial charge on any atom is -0.493 e. The van der Waals surface area contributed by atoms with E-state index in [1.807, 2.05) is 44.2 Å². The van der Waals surface area contributed by atoms with Gasteiger partial charge in [-0.3, -0.25) is 14.4 Å². The number of thioether (sulfide) groups is 1. The van der Waals surface area contributed by atoms with Crippen LogP contribution in [-0.4, -0.2) is 44.3 Å². The number of nitrogens with one attached hydrogen (secondary N) is 3. The van der Waals surface area contributed by atoms with E-state index in [4.69, 9.17) is 14.2 Å². The number of anilines is 2. The lowest BCUT2D eigenvalue weighted by Crippen LogP contribution is -2.30. The first-order chi connectivity index (χ1) is 23.2. The fourth-order valence-corrected chi connectivity index (χ4v) is 6.04. The predicted molar refractivity (Wildman–Crippen MR) is 192 cm³/mol. The van der Waals surface area contributed by atoms with Gasteiger partial charge in [0.2, 0.25) is 11.7 Å². The second kappa shape index (κ2) is 17.1. The van der Waals surface area contributed by atoms with Crippen LogP contribution in [0.25, 0.3) is 6.08 Å². The van der Waals surface area contributed by atoms with Crippen LogP contribution in [0, 0.1) is 6.92 Å². The molecule has 0 aliphatic heterocycles. The molecule has 0 bridgehead atoms.